The maximum absolute atomic E-state index is 12.7. The predicted octanol–water partition coefficient (Wildman–Crippen LogP) is 4.23. The molecule has 20 heavy (non-hydrogen) atoms. The second kappa shape index (κ2) is 8.40. The second-order valence-electron chi connectivity index (χ2n) is 4.31. The van der Waals surface area contributed by atoms with Gasteiger partial charge in [0.05, 0.1) is 19.1 Å². The van der Waals surface area contributed by atoms with Gasteiger partial charge in [0.15, 0.2) is 0 Å². The van der Waals surface area contributed by atoms with Crippen LogP contribution < -0.4 is 0 Å². The first-order valence-corrected chi connectivity index (χ1v) is 9.39. The van der Waals surface area contributed by atoms with Crippen LogP contribution in [0.5, 0.6) is 0 Å². The third kappa shape index (κ3) is 5.61. The van der Waals surface area contributed by atoms with Crippen molar-refractivity contribution >= 4 is 30.8 Å². The van der Waals surface area contributed by atoms with Crippen LogP contribution in [0.25, 0.3) is 6.08 Å². The lowest BCUT2D eigenvalue weighted by atomic mass is 10.2. The topological polar surface area (TPSA) is 52.6 Å². The van der Waals surface area contributed by atoms with Crippen LogP contribution in [-0.2, 0) is 18.6 Å². The van der Waals surface area contributed by atoms with Gasteiger partial charge in [0, 0.05) is 16.9 Å². The van der Waals surface area contributed by atoms with Gasteiger partial charge in [-0.2, -0.15) is 0 Å². The van der Waals surface area contributed by atoms with Crippen molar-refractivity contribution in [1.29, 1.82) is 0 Å². The van der Waals surface area contributed by atoms with Crippen LogP contribution in [0.3, 0.4) is 0 Å². The van der Waals surface area contributed by atoms with Gasteiger partial charge in [-0.1, -0.05) is 13.0 Å². The normalized spacial score (nSPS) is 15.9. The molecule has 0 radical (unpaired) electrons. The number of esters is 1. The molecule has 112 valence electrons. The van der Waals surface area contributed by atoms with E-state index >= 15 is 0 Å². The number of hydrogen-bond donors (Lipinski definition) is 0. The molecule has 0 spiro atoms. The third-order valence-corrected chi connectivity index (χ3v) is 5.77. The van der Waals surface area contributed by atoms with Crippen molar-refractivity contribution in [2.24, 2.45) is 5.92 Å². The minimum absolute atomic E-state index is 0.168. The Morgan fingerprint density at radius 1 is 1.45 bits per heavy atom. The minimum Gasteiger partial charge on any atom is -0.466 e. The van der Waals surface area contributed by atoms with E-state index in [0.717, 1.165) is 4.88 Å². The Bertz CT molecular complexity index is 481. The van der Waals surface area contributed by atoms with E-state index in [1.165, 1.54) is 0 Å². The first-order valence-electron chi connectivity index (χ1n) is 6.63. The number of ether oxygens (including phenoxy) is 1. The molecule has 2 atom stereocenters. The molecule has 6 heteroatoms. The number of hydrogen-bond acceptors (Lipinski definition) is 5. The predicted molar refractivity (Wildman–Crippen MR) is 83.2 cm³/mol. The molecule has 1 heterocycles. The van der Waals surface area contributed by atoms with Gasteiger partial charge in [0.1, 0.15) is 0 Å². The fourth-order valence-corrected chi connectivity index (χ4v) is 4.46. The van der Waals surface area contributed by atoms with Crippen LogP contribution in [0, 0.1) is 5.92 Å². The fraction of sp³-hybridized carbons (Fsp3) is 0.500. The molecule has 0 fully saturated rings. The largest absolute Gasteiger partial charge is 0.466 e. The average molecular weight is 316 g/mol. The summed E-state index contributed by atoms with van der Waals surface area (Å²) in [5, 5.41) is 1.95. The highest BCUT2D eigenvalue weighted by atomic mass is 32.1. The maximum Gasteiger partial charge on any atom is 0.309 e. The van der Waals surface area contributed by atoms with E-state index in [4.69, 9.17) is 9.26 Å². The summed E-state index contributed by atoms with van der Waals surface area (Å²) in [6, 6.07) is 3.86. The van der Waals surface area contributed by atoms with Gasteiger partial charge < -0.3 is 9.26 Å². The van der Waals surface area contributed by atoms with Crippen molar-refractivity contribution in [1.82, 2.24) is 0 Å². The molecule has 0 aliphatic heterocycles. The Morgan fingerprint density at radius 2 is 2.20 bits per heavy atom. The van der Waals surface area contributed by atoms with Crippen molar-refractivity contribution < 1.29 is 18.6 Å². The van der Waals surface area contributed by atoms with Gasteiger partial charge in [-0.25, -0.2) is 0 Å². The Labute approximate surface area is 124 Å². The van der Waals surface area contributed by atoms with Crippen molar-refractivity contribution in [3.8, 4) is 0 Å². The summed E-state index contributed by atoms with van der Waals surface area (Å²) in [4.78, 5) is 12.6. The average Bonchev–Trinajstić information content (AvgIpc) is 2.90. The van der Waals surface area contributed by atoms with Crippen LogP contribution in [0.1, 0.15) is 25.6 Å². The molecule has 1 aromatic heterocycles. The Morgan fingerprint density at radius 3 is 2.75 bits per heavy atom. The summed E-state index contributed by atoms with van der Waals surface area (Å²) in [5.74, 6) is 0.815. The number of carbonyl (C=O) groups excluding carboxylic acids is 1. The standard InChI is InChI=1S/C14H21O4PS/c1-4-17-14(15)12(3)11-19(16,18-5-2)9-8-13-7-6-10-20-13/h6-10,12H,4-5,11H2,1-3H3/b9-8+. The van der Waals surface area contributed by atoms with Crippen LogP contribution in [0.15, 0.2) is 23.3 Å². The van der Waals surface area contributed by atoms with Crippen LogP contribution in [-0.4, -0.2) is 25.3 Å². The smallest absolute Gasteiger partial charge is 0.309 e. The molecule has 0 saturated carbocycles. The number of thiophene rings is 1. The molecule has 1 aromatic rings. The highest BCUT2D eigenvalue weighted by Gasteiger charge is 2.27. The lowest BCUT2D eigenvalue weighted by molar-refractivity contribution is -0.146. The van der Waals surface area contributed by atoms with Crippen molar-refractivity contribution in [2.45, 2.75) is 20.8 Å². The summed E-state index contributed by atoms with van der Waals surface area (Å²) in [7, 11) is -2.97. The van der Waals surface area contributed by atoms with E-state index < -0.39 is 13.3 Å². The van der Waals surface area contributed by atoms with Crippen LogP contribution in [0.4, 0.5) is 0 Å². The van der Waals surface area contributed by atoms with Crippen molar-refractivity contribution in [3.63, 3.8) is 0 Å². The summed E-state index contributed by atoms with van der Waals surface area (Å²) in [6.45, 7) is 5.93. The van der Waals surface area contributed by atoms with Gasteiger partial charge in [0.25, 0.3) is 0 Å². The van der Waals surface area contributed by atoms with E-state index in [1.807, 2.05) is 17.5 Å². The van der Waals surface area contributed by atoms with Crippen molar-refractivity contribution in [2.75, 3.05) is 19.4 Å². The van der Waals surface area contributed by atoms with Gasteiger partial charge in [0.2, 0.25) is 7.37 Å². The third-order valence-electron chi connectivity index (χ3n) is 2.57. The number of rotatable bonds is 8. The molecule has 0 aromatic carbocycles. The quantitative estimate of drug-likeness (QED) is 0.532. The van der Waals surface area contributed by atoms with Gasteiger partial charge in [-0.05, 0) is 31.4 Å². The molecule has 0 aliphatic carbocycles. The lowest BCUT2D eigenvalue weighted by Crippen LogP contribution is -2.18. The van der Waals surface area contributed by atoms with E-state index in [9.17, 15) is 9.36 Å². The molecular weight excluding hydrogens is 295 g/mol. The summed E-state index contributed by atoms with van der Waals surface area (Å²) in [6.07, 6.45) is 1.96. The zero-order valence-electron chi connectivity index (χ0n) is 12.1. The van der Waals surface area contributed by atoms with E-state index in [2.05, 4.69) is 0 Å². The zero-order chi connectivity index (χ0) is 15.0. The molecule has 0 aliphatic rings. The fourth-order valence-electron chi connectivity index (χ4n) is 1.69. The Balaban J connectivity index is 2.75. The SMILES string of the molecule is CCOC(=O)C(C)CP(=O)(/C=C/c1cccs1)OCC. The summed E-state index contributed by atoms with van der Waals surface area (Å²) in [5.41, 5.74) is 0. The first-order chi connectivity index (χ1) is 9.50. The lowest BCUT2D eigenvalue weighted by Gasteiger charge is -2.17. The highest BCUT2D eigenvalue weighted by molar-refractivity contribution is 7.62. The van der Waals surface area contributed by atoms with Gasteiger partial charge in [-0.3, -0.25) is 9.36 Å². The molecule has 0 N–H and O–H groups in total. The Hall–Kier alpha value is -0.900. The van der Waals surface area contributed by atoms with Gasteiger partial charge in [-0.15, -0.1) is 11.3 Å². The van der Waals surface area contributed by atoms with Crippen LogP contribution in [0.2, 0.25) is 0 Å². The molecule has 4 nitrogen and oxygen atoms in total. The molecule has 0 saturated heterocycles. The van der Waals surface area contributed by atoms with Crippen LogP contribution >= 0.6 is 18.7 Å². The van der Waals surface area contributed by atoms with Crippen molar-refractivity contribution in [3.05, 3.63) is 28.2 Å². The first kappa shape index (κ1) is 17.2. The molecule has 0 amide bonds. The molecule has 0 bridgehead atoms. The monoisotopic (exact) mass is 316 g/mol. The van der Waals surface area contributed by atoms with Gasteiger partial charge >= 0.3 is 5.97 Å². The van der Waals surface area contributed by atoms with E-state index in [0.29, 0.717) is 13.2 Å². The molecular formula is C14H21O4PS. The summed E-state index contributed by atoms with van der Waals surface area (Å²) < 4.78 is 23.0. The second-order valence-corrected chi connectivity index (χ2v) is 7.66. The maximum atomic E-state index is 12.7. The molecule has 2 unspecified atom stereocenters. The van der Waals surface area contributed by atoms with E-state index in [-0.39, 0.29) is 12.1 Å². The minimum atomic E-state index is -2.97. The summed E-state index contributed by atoms with van der Waals surface area (Å²) >= 11 is 1.56. The Kier molecular flexibility index (Phi) is 7.20. The highest BCUT2D eigenvalue weighted by Crippen LogP contribution is 2.50. The van der Waals surface area contributed by atoms with E-state index in [1.54, 1.807) is 44.0 Å². The molecule has 1 rings (SSSR count). The zero-order valence-corrected chi connectivity index (χ0v) is 13.8. The number of carbonyl (C=O) groups is 1.